The second-order valence-electron chi connectivity index (χ2n) is 8.37. The van der Waals surface area contributed by atoms with Crippen LogP contribution in [-0.2, 0) is 5.41 Å². The third-order valence-electron chi connectivity index (χ3n) is 6.57. The summed E-state index contributed by atoms with van der Waals surface area (Å²) in [5.41, 5.74) is 5.23. The van der Waals surface area contributed by atoms with Gasteiger partial charge in [0.05, 0.1) is 22.9 Å². The van der Waals surface area contributed by atoms with E-state index in [9.17, 15) is 10.5 Å². The van der Waals surface area contributed by atoms with E-state index in [2.05, 4.69) is 94.9 Å². The normalized spacial score (nSPS) is 11.8. The molecule has 1 N–H and O–H groups in total. The van der Waals surface area contributed by atoms with Gasteiger partial charge in [0.1, 0.15) is 12.1 Å². The molecular formula is C31H22N4. The lowest BCUT2D eigenvalue weighted by atomic mass is 9.59. The highest BCUT2D eigenvalue weighted by Crippen LogP contribution is 2.52. The fourth-order valence-corrected chi connectivity index (χ4v) is 5.12. The van der Waals surface area contributed by atoms with Gasteiger partial charge in [-0.3, -0.25) is 0 Å². The van der Waals surface area contributed by atoms with Gasteiger partial charge in [-0.05, 0) is 34.4 Å². The summed E-state index contributed by atoms with van der Waals surface area (Å²) in [4.78, 5) is 7.72. The van der Waals surface area contributed by atoms with Gasteiger partial charge in [0.15, 0.2) is 0 Å². The van der Waals surface area contributed by atoms with E-state index in [4.69, 9.17) is 0 Å². The molecule has 4 nitrogen and oxygen atoms in total. The van der Waals surface area contributed by atoms with Crippen molar-refractivity contribution in [1.29, 1.82) is 10.5 Å². The molecule has 0 saturated heterocycles. The van der Waals surface area contributed by atoms with Gasteiger partial charge in [-0.15, -0.1) is 0 Å². The van der Waals surface area contributed by atoms with E-state index < -0.39 is 5.41 Å². The molecule has 0 amide bonds. The van der Waals surface area contributed by atoms with Crippen molar-refractivity contribution in [2.45, 2.75) is 11.3 Å². The molecule has 0 spiro atoms. The first kappa shape index (κ1) is 21.9. The van der Waals surface area contributed by atoms with Gasteiger partial charge >= 0.3 is 0 Å². The monoisotopic (exact) mass is 450 g/mol. The van der Waals surface area contributed by atoms with Crippen molar-refractivity contribution in [3.63, 3.8) is 0 Å². The van der Waals surface area contributed by atoms with Crippen molar-refractivity contribution in [3.05, 3.63) is 161 Å². The molecule has 0 aliphatic carbocycles. The smallest absolute Gasteiger partial charge is 0.101 e. The van der Waals surface area contributed by atoms with Crippen LogP contribution in [0.2, 0.25) is 0 Å². The van der Waals surface area contributed by atoms with Crippen LogP contribution in [0.4, 0.5) is 0 Å². The van der Waals surface area contributed by atoms with Gasteiger partial charge in [0, 0.05) is 17.8 Å². The number of rotatable bonds is 6. The Labute approximate surface area is 204 Å². The molecule has 1 heterocycles. The number of benzene rings is 4. The predicted molar refractivity (Wildman–Crippen MR) is 136 cm³/mol. The number of aromatic nitrogens is 2. The van der Waals surface area contributed by atoms with E-state index in [1.54, 1.807) is 12.4 Å². The molecule has 0 fully saturated rings. The van der Waals surface area contributed by atoms with Crippen LogP contribution in [0.3, 0.4) is 0 Å². The average Bonchev–Trinajstić information content (AvgIpc) is 3.47. The molecule has 166 valence electrons. The number of hydrogen-bond donors (Lipinski definition) is 1. The summed E-state index contributed by atoms with van der Waals surface area (Å²) >= 11 is 0. The topological polar surface area (TPSA) is 76.3 Å². The molecule has 0 aliphatic heterocycles. The molecule has 0 aliphatic rings. The molecular weight excluding hydrogens is 428 g/mol. The number of nitrogens with zero attached hydrogens (tertiary/aromatic N) is 3. The van der Waals surface area contributed by atoms with Crippen LogP contribution < -0.4 is 0 Å². The predicted octanol–water partition coefficient (Wildman–Crippen LogP) is 6.32. The number of nitriles is 2. The highest BCUT2D eigenvalue weighted by Gasteiger charge is 2.46. The maximum atomic E-state index is 9.82. The number of nitrogens with one attached hydrogen (secondary N) is 1. The fraction of sp³-hybridized carbons (Fsp3) is 0.0645. The number of hydrogen-bond acceptors (Lipinski definition) is 3. The quantitative estimate of drug-likeness (QED) is 0.308. The molecule has 1 aromatic heterocycles. The molecule has 35 heavy (non-hydrogen) atoms. The molecule has 0 radical (unpaired) electrons. The molecule has 4 heteroatoms. The summed E-state index contributed by atoms with van der Waals surface area (Å²) in [5, 5.41) is 19.4. The van der Waals surface area contributed by atoms with Crippen LogP contribution in [0.5, 0.6) is 0 Å². The maximum absolute atomic E-state index is 9.82. The lowest BCUT2D eigenvalue weighted by Crippen LogP contribution is -2.37. The minimum Gasteiger partial charge on any atom is -0.348 e. The van der Waals surface area contributed by atoms with Crippen LogP contribution in [0.1, 0.15) is 45.0 Å². The maximum Gasteiger partial charge on any atom is 0.101 e. The molecule has 5 rings (SSSR count). The minimum atomic E-state index is -0.656. The van der Waals surface area contributed by atoms with Gasteiger partial charge in [-0.1, -0.05) is 97.1 Å². The van der Waals surface area contributed by atoms with Crippen molar-refractivity contribution in [2.24, 2.45) is 0 Å². The zero-order chi connectivity index (χ0) is 24.1. The van der Waals surface area contributed by atoms with Crippen molar-refractivity contribution in [2.75, 3.05) is 0 Å². The molecule has 0 bridgehead atoms. The van der Waals surface area contributed by atoms with Gasteiger partial charge in [0.2, 0.25) is 0 Å². The molecule has 4 aromatic carbocycles. The van der Waals surface area contributed by atoms with Crippen LogP contribution in [0.25, 0.3) is 0 Å². The van der Waals surface area contributed by atoms with Gasteiger partial charge < -0.3 is 4.98 Å². The Hall–Kier alpha value is -4.93. The summed E-state index contributed by atoms with van der Waals surface area (Å²) in [6.45, 7) is 0. The summed E-state index contributed by atoms with van der Waals surface area (Å²) < 4.78 is 0. The van der Waals surface area contributed by atoms with E-state index in [-0.39, 0.29) is 5.92 Å². The zero-order valence-corrected chi connectivity index (χ0v) is 19.0. The van der Waals surface area contributed by atoms with Crippen molar-refractivity contribution in [1.82, 2.24) is 9.97 Å². The summed E-state index contributed by atoms with van der Waals surface area (Å²) in [7, 11) is 0. The third-order valence-corrected chi connectivity index (χ3v) is 6.57. The average molecular weight is 451 g/mol. The first-order valence-electron chi connectivity index (χ1n) is 11.4. The third kappa shape index (κ3) is 3.78. The summed E-state index contributed by atoms with van der Waals surface area (Å²) in [5.74, 6) is -0.267. The van der Waals surface area contributed by atoms with Gasteiger partial charge in [0.25, 0.3) is 0 Å². The van der Waals surface area contributed by atoms with Crippen LogP contribution >= 0.6 is 0 Å². The highest BCUT2D eigenvalue weighted by molar-refractivity contribution is 5.59. The van der Waals surface area contributed by atoms with E-state index in [0.717, 1.165) is 27.9 Å². The summed E-state index contributed by atoms with van der Waals surface area (Å²) in [6, 6.07) is 41.2. The molecule has 0 saturated carbocycles. The minimum absolute atomic E-state index is 0.267. The zero-order valence-electron chi connectivity index (χ0n) is 19.0. The number of aromatic amines is 1. The number of H-pyrrole nitrogens is 1. The SMILES string of the molecule is N#Cc1ccc(C(c2cnc[nH]2)C(c2ccccc2)(c2ccccc2)c2ccccc2)cc1C#N. The Bertz CT molecular complexity index is 1400. The van der Waals surface area contributed by atoms with E-state index >= 15 is 0 Å². The Balaban J connectivity index is 1.94. The first-order chi connectivity index (χ1) is 17.3. The molecule has 5 aromatic rings. The van der Waals surface area contributed by atoms with Gasteiger partial charge in [-0.25, -0.2) is 4.98 Å². The Morgan fingerprint density at radius 1 is 0.657 bits per heavy atom. The van der Waals surface area contributed by atoms with Crippen molar-refractivity contribution < 1.29 is 0 Å². The molecule has 1 unspecified atom stereocenters. The van der Waals surface area contributed by atoms with E-state index in [0.29, 0.717) is 11.1 Å². The van der Waals surface area contributed by atoms with Gasteiger partial charge in [-0.2, -0.15) is 10.5 Å². The lowest BCUT2D eigenvalue weighted by molar-refractivity contribution is 0.528. The second-order valence-corrected chi connectivity index (χ2v) is 8.37. The lowest BCUT2D eigenvalue weighted by Gasteiger charge is -2.43. The highest BCUT2D eigenvalue weighted by atomic mass is 14.9. The summed E-state index contributed by atoms with van der Waals surface area (Å²) in [6.07, 6.45) is 3.53. The van der Waals surface area contributed by atoms with Crippen LogP contribution in [-0.4, -0.2) is 9.97 Å². The number of imidazole rings is 1. The van der Waals surface area contributed by atoms with E-state index in [1.807, 2.05) is 36.5 Å². The van der Waals surface area contributed by atoms with Crippen LogP contribution in [0.15, 0.2) is 122 Å². The Kier molecular flexibility index (Phi) is 5.95. The Morgan fingerprint density at radius 2 is 1.17 bits per heavy atom. The standard InChI is InChI=1S/C31H22N4/c32-19-24-17-16-23(18-25(24)20-33)30(29-21-34-22-35-29)31(26-10-4-1-5-11-26,27-12-6-2-7-13-27)28-14-8-3-9-15-28/h1-18,21-22,30H,(H,34,35). The van der Waals surface area contributed by atoms with Crippen molar-refractivity contribution >= 4 is 0 Å². The van der Waals surface area contributed by atoms with Crippen molar-refractivity contribution in [3.8, 4) is 12.1 Å². The fourth-order valence-electron chi connectivity index (χ4n) is 5.12. The van der Waals surface area contributed by atoms with Crippen LogP contribution in [0, 0.1) is 22.7 Å². The second kappa shape index (κ2) is 9.51. The Morgan fingerprint density at radius 3 is 1.60 bits per heavy atom. The first-order valence-corrected chi connectivity index (χ1v) is 11.4. The largest absolute Gasteiger partial charge is 0.348 e. The van der Waals surface area contributed by atoms with E-state index in [1.165, 1.54) is 0 Å². The molecule has 1 atom stereocenters.